The molecule has 0 saturated carbocycles. The molecule has 15 heavy (non-hydrogen) atoms. The Hall–Kier alpha value is -0.920. The number of furan rings is 1. The zero-order chi connectivity index (χ0) is 11.1. The zero-order valence-corrected chi connectivity index (χ0v) is 9.93. The van der Waals surface area contributed by atoms with Gasteiger partial charge in [-0.05, 0) is 31.4 Å². The highest BCUT2D eigenvalue weighted by Gasteiger charge is 2.01. The molecule has 0 aliphatic rings. The van der Waals surface area contributed by atoms with Gasteiger partial charge in [0.25, 0.3) is 0 Å². The van der Waals surface area contributed by atoms with Crippen LogP contribution in [0.1, 0.15) is 24.9 Å². The summed E-state index contributed by atoms with van der Waals surface area (Å²) in [7, 11) is 0. The molecule has 1 N–H and O–H groups in total. The predicted molar refractivity (Wildman–Crippen MR) is 62.7 cm³/mol. The molecule has 0 aliphatic carbocycles. The lowest BCUT2D eigenvalue weighted by molar-refractivity contribution is 0.472. The molecule has 1 aromatic heterocycles. The van der Waals surface area contributed by atoms with Crippen molar-refractivity contribution in [1.82, 2.24) is 5.32 Å². The highest BCUT2D eigenvalue weighted by Crippen LogP contribution is 2.09. The lowest BCUT2D eigenvalue weighted by Crippen LogP contribution is -2.17. The fourth-order valence-corrected chi connectivity index (χ4v) is 1.52. The molecule has 0 aliphatic heterocycles. The van der Waals surface area contributed by atoms with Gasteiger partial charge in [0, 0.05) is 5.25 Å². The Labute approximate surface area is 94.8 Å². The topological polar surface area (TPSA) is 49.0 Å². The van der Waals surface area contributed by atoms with E-state index in [1.807, 2.05) is 23.9 Å². The Bertz CT molecular complexity index is 330. The maximum Gasteiger partial charge on any atom is 0.203 e. The minimum absolute atomic E-state index is 0.379. The largest absolute Gasteiger partial charge is 0.449 e. The Morgan fingerprint density at radius 1 is 1.60 bits per heavy atom. The van der Waals surface area contributed by atoms with Gasteiger partial charge in [0.05, 0.1) is 6.54 Å². The van der Waals surface area contributed by atoms with E-state index in [9.17, 15) is 0 Å². The summed E-state index contributed by atoms with van der Waals surface area (Å²) in [5.41, 5.74) is 0. The third-order valence-electron chi connectivity index (χ3n) is 2.20. The second-order valence-corrected chi connectivity index (χ2v) is 4.67. The van der Waals surface area contributed by atoms with E-state index in [4.69, 9.17) is 9.68 Å². The molecule has 1 atom stereocenters. The first-order chi connectivity index (χ1) is 7.26. The second-order valence-electron chi connectivity index (χ2n) is 3.39. The molecule has 0 bridgehead atoms. The van der Waals surface area contributed by atoms with Gasteiger partial charge in [-0.25, -0.2) is 0 Å². The average Bonchev–Trinajstić information content (AvgIpc) is 2.72. The Balaban J connectivity index is 2.18. The third-order valence-corrected chi connectivity index (χ3v) is 3.24. The number of nitrogens with zero attached hydrogens (tertiary/aromatic N) is 1. The normalized spacial score (nSPS) is 12.3. The van der Waals surface area contributed by atoms with Crippen LogP contribution in [0.3, 0.4) is 0 Å². The van der Waals surface area contributed by atoms with E-state index in [2.05, 4.69) is 18.5 Å². The molecule has 3 nitrogen and oxygen atoms in total. The average molecular weight is 224 g/mol. The molecule has 0 fully saturated rings. The van der Waals surface area contributed by atoms with Crippen molar-refractivity contribution in [2.45, 2.75) is 25.1 Å². The van der Waals surface area contributed by atoms with Crippen LogP contribution < -0.4 is 5.32 Å². The zero-order valence-electron chi connectivity index (χ0n) is 9.12. The van der Waals surface area contributed by atoms with Gasteiger partial charge in [-0.2, -0.15) is 17.0 Å². The number of hydrogen-bond donors (Lipinski definition) is 1. The molecule has 1 aromatic rings. The molecule has 1 heterocycles. The summed E-state index contributed by atoms with van der Waals surface area (Å²) in [6.07, 6.45) is 3.27. The minimum atomic E-state index is 0.379. The summed E-state index contributed by atoms with van der Waals surface area (Å²) in [5, 5.41) is 12.5. The summed E-state index contributed by atoms with van der Waals surface area (Å²) in [5.74, 6) is 1.20. The number of rotatable bonds is 6. The van der Waals surface area contributed by atoms with E-state index in [-0.39, 0.29) is 0 Å². The van der Waals surface area contributed by atoms with Crippen molar-refractivity contribution in [3.63, 3.8) is 0 Å². The van der Waals surface area contributed by atoms with Crippen LogP contribution in [0.4, 0.5) is 0 Å². The van der Waals surface area contributed by atoms with E-state index in [0.29, 0.717) is 17.6 Å². The third kappa shape index (κ3) is 4.41. The van der Waals surface area contributed by atoms with Gasteiger partial charge in [0.1, 0.15) is 11.8 Å². The minimum Gasteiger partial charge on any atom is -0.449 e. The quantitative estimate of drug-likeness (QED) is 0.754. The van der Waals surface area contributed by atoms with Crippen LogP contribution in [-0.4, -0.2) is 18.1 Å². The van der Waals surface area contributed by atoms with Gasteiger partial charge in [-0.3, -0.25) is 0 Å². The van der Waals surface area contributed by atoms with E-state index in [1.165, 1.54) is 0 Å². The molecule has 1 unspecified atom stereocenters. The summed E-state index contributed by atoms with van der Waals surface area (Å²) < 4.78 is 5.24. The summed E-state index contributed by atoms with van der Waals surface area (Å²) in [6, 6.07) is 5.50. The van der Waals surface area contributed by atoms with Gasteiger partial charge in [0.2, 0.25) is 5.76 Å². The second kappa shape index (κ2) is 6.54. The number of nitrogens with one attached hydrogen (secondary N) is 1. The van der Waals surface area contributed by atoms with E-state index >= 15 is 0 Å². The van der Waals surface area contributed by atoms with Crippen molar-refractivity contribution in [3.05, 3.63) is 23.7 Å². The molecule has 0 amide bonds. The molecule has 0 aromatic carbocycles. The lowest BCUT2D eigenvalue weighted by atomic mass is 10.3. The molecule has 1 rings (SSSR count). The van der Waals surface area contributed by atoms with Gasteiger partial charge in [-0.15, -0.1) is 0 Å². The van der Waals surface area contributed by atoms with Crippen molar-refractivity contribution in [2.24, 2.45) is 0 Å². The van der Waals surface area contributed by atoms with Crippen molar-refractivity contribution < 1.29 is 4.42 Å². The molecular formula is C11H16N2OS. The number of hydrogen-bond acceptors (Lipinski definition) is 4. The van der Waals surface area contributed by atoms with Crippen molar-refractivity contribution in [1.29, 1.82) is 5.26 Å². The molecule has 0 radical (unpaired) electrons. The van der Waals surface area contributed by atoms with Crippen LogP contribution >= 0.6 is 11.8 Å². The van der Waals surface area contributed by atoms with E-state index in [1.54, 1.807) is 6.07 Å². The van der Waals surface area contributed by atoms with Gasteiger partial charge >= 0.3 is 0 Å². The van der Waals surface area contributed by atoms with Crippen molar-refractivity contribution in [2.75, 3.05) is 12.8 Å². The number of thioether (sulfide) groups is 1. The predicted octanol–water partition coefficient (Wildman–Crippen LogP) is 2.38. The van der Waals surface area contributed by atoms with E-state index < -0.39 is 0 Å². The first kappa shape index (κ1) is 12.2. The van der Waals surface area contributed by atoms with E-state index in [0.717, 1.165) is 18.7 Å². The molecule has 4 heteroatoms. The Morgan fingerprint density at radius 2 is 2.40 bits per heavy atom. The Kier molecular flexibility index (Phi) is 5.30. The van der Waals surface area contributed by atoms with Gasteiger partial charge in [0.15, 0.2) is 0 Å². The first-order valence-corrected chi connectivity index (χ1v) is 6.27. The SMILES string of the molecule is CSC(C)CCNCc1ccc(C#N)o1. The monoisotopic (exact) mass is 224 g/mol. The number of nitriles is 1. The van der Waals surface area contributed by atoms with Gasteiger partial charge < -0.3 is 9.73 Å². The Morgan fingerprint density at radius 3 is 3.00 bits per heavy atom. The van der Waals surface area contributed by atoms with Crippen LogP contribution in [0.25, 0.3) is 0 Å². The van der Waals surface area contributed by atoms with Crippen molar-refractivity contribution in [3.8, 4) is 6.07 Å². The van der Waals surface area contributed by atoms with Crippen LogP contribution in [0.15, 0.2) is 16.5 Å². The maximum atomic E-state index is 8.56. The van der Waals surface area contributed by atoms with Crippen molar-refractivity contribution >= 4 is 11.8 Å². The maximum absolute atomic E-state index is 8.56. The highest BCUT2D eigenvalue weighted by molar-refractivity contribution is 7.99. The highest BCUT2D eigenvalue weighted by atomic mass is 32.2. The van der Waals surface area contributed by atoms with Gasteiger partial charge in [-0.1, -0.05) is 6.92 Å². The van der Waals surface area contributed by atoms with Crippen LogP contribution in [0, 0.1) is 11.3 Å². The lowest BCUT2D eigenvalue weighted by Gasteiger charge is -2.07. The molecule has 82 valence electrons. The molecule has 0 saturated heterocycles. The standard InChI is InChI=1S/C11H16N2OS/c1-9(15-2)5-6-13-8-11-4-3-10(7-12)14-11/h3-4,9,13H,5-6,8H2,1-2H3. The summed E-state index contributed by atoms with van der Waals surface area (Å²) in [6.45, 7) is 3.89. The van der Waals surface area contributed by atoms with Crippen LogP contribution in [0.2, 0.25) is 0 Å². The smallest absolute Gasteiger partial charge is 0.203 e. The molecule has 0 spiro atoms. The summed E-state index contributed by atoms with van der Waals surface area (Å²) in [4.78, 5) is 0. The fourth-order valence-electron chi connectivity index (χ4n) is 1.17. The first-order valence-electron chi connectivity index (χ1n) is 4.98. The van der Waals surface area contributed by atoms with Crippen LogP contribution in [-0.2, 0) is 6.54 Å². The summed E-state index contributed by atoms with van der Waals surface area (Å²) >= 11 is 1.87. The fraction of sp³-hybridized carbons (Fsp3) is 0.545. The van der Waals surface area contributed by atoms with Crippen LogP contribution in [0.5, 0.6) is 0 Å². The molecular weight excluding hydrogens is 208 g/mol.